The van der Waals surface area contributed by atoms with Gasteiger partial charge in [-0.2, -0.15) is 0 Å². The van der Waals surface area contributed by atoms with Gasteiger partial charge in [0.15, 0.2) is 0 Å². The molecule has 0 aliphatic rings. The molecule has 0 spiro atoms. The summed E-state index contributed by atoms with van der Waals surface area (Å²) < 4.78 is 0. The van der Waals surface area contributed by atoms with Crippen molar-refractivity contribution in [1.29, 1.82) is 0 Å². The average Bonchev–Trinajstić information content (AvgIpc) is 2.48. The van der Waals surface area contributed by atoms with E-state index in [2.05, 4.69) is 57.1 Å². The summed E-state index contributed by atoms with van der Waals surface area (Å²) >= 11 is 0. The van der Waals surface area contributed by atoms with Crippen LogP contribution >= 0.6 is 12.4 Å². The summed E-state index contributed by atoms with van der Waals surface area (Å²) in [5.74, 6) is 1.13. The lowest BCUT2D eigenvalue weighted by atomic mass is 9.84. The molecule has 0 saturated heterocycles. The summed E-state index contributed by atoms with van der Waals surface area (Å²) in [7, 11) is 4.23. The number of carbonyl (C=O) groups is 1. The molecular weight excluding hydrogens is 324 g/mol. The summed E-state index contributed by atoms with van der Waals surface area (Å²) in [6, 6.07) is 8.67. The molecule has 1 aromatic carbocycles. The number of likely N-dealkylation sites (N-methyl/N-ethyl adjacent to an activating group) is 1. The second-order valence-corrected chi connectivity index (χ2v) is 6.61. The maximum Gasteiger partial charge on any atom is 0.407 e. The lowest BCUT2D eigenvalue weighted by Crippen LogP contribution is -2.31. The molecule has 24 heavy (non-hydrogen) atoms. The van der Waals surface area contributed by atoms with Gasteiger partial charge < -0.3 is 14.9 Å². The highest BCUT2D eigenvalue weighted by Gasteiger charge is 2.18. The van der Waals surface area contributed by atoms with Crippen LogP contribution in [0.1, 0.15) is 44.2 Å². The van der Waals surface area contributed by atoms with E-state index in [1.165, 1.54) is 16.0 Å². The van der Waals surface area contributed by atoms with E-state index in [1.54, 1.807) is 0 Å². The normalized spacial score (nSPS) is 13.2. The van der Waals surface area contributed by atoms with Crippen LogP contribution in [0.2, 0.25) is 0 Å². The van der Waals surface area contributed by atoms with Gasteiger partial charge in [-0.1, -0.05) is 38.1 Å². The highest BCUT2D eigenvalue weighted by molar-refractivity contribution is 5.85. The van der Waals surface area contributed by atoms with Gasteiger partial charge in [-0.3, -0.25) is 0 Å². The van der Waals surface area contributed by atoms with Crippen molar-refractivity contribution >= 4 is 18.5 Å². The van der Waals surface area contributed by atoms with Gasteiger partial charge >= 0.3 is 6.09 Å². The molecule has 0 heterocycles. The van der Waals surface area contributed by atoms with Crippen LogP contribution in [-0.4, -0.2) is 54.7 Å². The molecule has 1 N–H and O–H groups in total. The number of hydrogen-bond acceptors (Lipinski definition) is 2. The summed E-state index contributed by atoms with van der Waals surface area (Å²) in [6.45, 7) is 8.59. The van der Waals surface area contributed by atoms with Crippen LogP contribution in [-0.2, 0) is 6.42 Å². The van der Waals surface area contributed by atoms with Crippen molar-refractivity contribution in [1.82, 2.24) is 9.80 Å². The summed E-state index contributed by atoms with van der Waals surface area (Å²) in [5, 5.41) is 9.11. The lowest BCUT2D eigenvalue weighted by Gasteiger charge is -2.26. The Morgan fingerprint density at radius 3 is 2.42 bits per heavy atom. The summed E-state index contributed by atoms with van der Waals surface area (Å²) in [4.78, 5) is 14.8. The first-order valence-electron chi connectivity index (χ1n) is 8.60. The van der Waals surface area contributed by atoms with Gasteiger partial charge in [-0.25, -0.2) is 4.79 Å². The van der Waals surface area contributed by atoms with Crippen molar-refractivity contribution in [2.45, 2.75) is 39.5 Å². The first-order valence-corrected chi connectivity index (χ1v) is 8.60. The molecule has 0 radical (unpaired) electrons. The molecule has 4 nitrogen and oxygen atoms in total. The van der Waals surface area contributed by atoms with E-state index >= 15 is 0 Å². The summed E-state index contributed by atoms with van der Waals surface area (Å²) in [6.07, 6.45) is 1.05. The van der Waals surface area contributed by atoms with Crippen LogP contribution in [0, 0.1) is 5.92 Å². The number of carboxylic acid groups (broad SMARTS) is 1. The Kier molecular flexibility index (Phi) is 10.7. The number of nitrogens with zero attached hydrogens (tertiary/aromatic N) is 2. The molecule has 0 aromatic heterocycles. The van der Waals surface area contributed by atoms with E-state index in [4.69, 9.17) is 5.11 Å². The molecular formula is C19H33ClN2O2. The quantitative estimate of drug-likeness (QED) is 0.715. The second kappa shape index (κ2) is 11.3. The molecule has 0 saturated carbocycles. The molecule has 0 aliphatic heterocycles. The van der Waals surface area contributed by atoms with Crippen molar-refractivity contribution in [3.05, 3.63) is 35.4 Å². The first kappa shape index (κ1) is 22.7. The van der Waals surface area contributed by atoms with E-state index < -0.39 is 6.09 Å². The van der Waals surface area contributed by atoms with Gasteiger partial charge in [0, 0.05) is 19.6 Å². The zero-order valence-electron chi connectivity index (χ0n) is 15.7. The minimum absolute atomic E-state index is 0. The van der Waals surface area contributed by atoms with E-state index in [0.29, 0.717) is 24.9 Å². The Morgan fingerprint density at radius 2 is 1.92 bits per heavy atom. The predicted octanol–water partition coefficient (Wildman–Crippen LogP) is 4.34. The van der Waals surface area contributed by atoms with Gasteiger partial charge in [-0.05, 0) is 56.8 Å². The third-order valence-corrected chi connectivity index (χ3v) is 4.48. The predicted molar refractivity (Wildman–Crippen MR) is 103 cm³/mol. The van der Waals surface area contributed by atoms with Crippen molar-refractivity contribution in [2.24, 2.45) is 5.92 Å². The number of halogens is 1. The average molecular weight is 357 g/mol. The number of rotatable bonds is 9. The molecule has 5 heteroatoms. The largest absolute Gasteiger partial charge is 0.465 e. The molecule has 1 aromatic rings. The molecule has 0 unspecified atom stereocenters. The van der Waals surface area contributed by atoms with Crippen LogP contribution in [0.5, 0.6) is 0 Å². The number of amides is 1. The molecule has 138 valence electrons. The van der Waals surface area contributed by atoms with Gasteiger partial charge in [0.1, 0.15) is 0 Å². The van der Waals surface area contributed by atoms with E-state index in [-0.39, 0.29) is 12.4 Å². The standard InChI is InChI=1S/C19H32N2O2.ClH/c1-6-18(15(3)14-20(4)5)17-10-8-9-16(13-17)11-12-21(7-2)19(22)23;/h8-10,13,15,18H,6-7,11-12,14H2,1-5H3,(H,22,23);1H/t15-,18+;/m0./s1. The lowest BCUT2D eigenvalue weighted by molar-refractivity contribution is 0.148. The monoisotopic (exact) mass is 356 g/mol. The van der Waals surface area contributed by atoms with Crippen LogP contribution < -0.4 is 0 Å². The highest BCUT2D eigenvalue weighted by atomic mass is 35.5. The SMILES string of the molecule is CC[C@@H](c1cccc(CCN(CC)C(=O)O)c1)[C@@H](C)CN(C)C.Cl. The van der Waals surface area contributed by atoms with Crippen molar-refractivity contribution in [3.63, 3.8) is 0 Å². The second-order valence-electron chi connectivity index (χ2n) is 6.61. The van der Waals surface area contributed by atoms with Gasteiger partial charge in [0.05, 0.1) is 0 Å². The zero-order chi connectivity index (χ0) is 17.4. The Labute approximate surface area is 153 Å². The van der Waals surface area contributed by atoms with Gasteiger partial charge in [0.25, 0.3) is 0 Å². The maximum atomic E-state index is 11.1. The van der Waals surface area contributed by atoms with Crippen LogP contribution in [0.15, 0.2) is 24.3 Å². The molecule has 0 bridgehead atoms. The highest BCUT2D eigenvalue weighted by Crippen LogP contribution is 2.29. The van der Waals surface area contributed by atoms with Gasteiger partial charge in [-0.15, -0.1) is 12.4 Å². The van der Waals surface area contributed by atoms with E-state index in [0.717, 1.165) is 19.4 Å². The van der Waals surface area contributed by atoms with E-state index in [9.17, 15) is 4.79 Å². The third kappa shape index (κ3) is 7.10. The van der Waals surface area contributed by atoms with Crippen LogP contribution in [0.25, 0.3) is 0 Å². The van der Waals surface area contributed by atoms with Crippen LogP contribution in [0.3, 0.4) is 0 Å². The van der Waals surface area contributed by atoms with Crippen molar-refractivity contribution < 1.29 is 9.90 Å². The maximum absolute atomic E-state index is 11.1. The third-order valence-electron chi connectivity index (χ3n) is 4.48. The Bertz CT molecular complexity index is 494. The molecule has 2 atom stereocenters. The minimum atomic E-state index is -0.838. The van der Waals surface area contributed by atoms with Crippen molar-refractivity contribution in [2.75, 3.05) is 33.7 Å². The van der Waals surface area contributed by atoms with E-state index in [1.807, 2.05) is 6.92 Å². The topological polar surface area (TPSA) is 43.8 Å². The van der Waals surface area contributed by atoms with Crippen LogP contribution in [0.4, 0.5) is 4.79 Å². The molecule has 1 rings (SSSR count). The number of benzene rings is 1. The first-order chi connectivity index (χ1) is 10.9. The Balaban J connectivity index is 0.00000529. The minimum Gasteiger partial charge on any atom is -0.465 e. The fraction of sp³-hybridized carbons (Fsp3) is 0.632. The van der Waals surface area contributed by atoms with Gasteiger partial charge in [0.2, 0.25) is 0 Å². The Hall–Kier alpha value is -1.26. The fourth-order valence-electron chi connectivity index (χ4n) is 3.30. The van der Waals surface area contributed by atoms with Crippen molar-refractivity contribution in [3.8, 4) is 0 Å². The fourth-order valence-corrected chi connectivity index (χ4v) is 3.30. The zero-order valence-corrected chi connectivity index (χ0v) is 16.5. The Morgan fingerprint density at radius 1 is 1.25 bits per heavy atom. The number of hydrogen-bond donors (Lipinski definition) is 1. The smallest absolute Gasteiger partial charge is 0.407 e. The molecule has 0 aliphatic carbocycles. The summed E-state index contributed by atoms with van der Waals surface area (Å²) in [5.41, 5.74) is 2.59. The molecule has 0 fully saturated rings. The molecule has 1 amide bonds.